The molecule has 0 aromatic carbocycles. The molecule has 0 spiro atoms. The fourth-order valence-electron chi connectivity index (χ4n) is 1.08. The molecule has 0 saturated heterocycles. The van der Waals surface area contributed by atoms with Gasteiger partial charge in [-0.2, -0.15) is 0 Å². The molecule has 0 saturated carbocycles. The molecule has 0 amide bonds. The molecule has 2 aromatic heterocycles. The van der Waals surface area contributed by atoms with Crippen LogP contribution in [0.4, 0.5) is 6.01 Å². The number of alkyl halides is 1. The predicted molar refractivity (Wildman–Crippen MR) is 67.9 cm³/mol. The van der Waals surface area contributed by atoms with Crippen LogP contribution in [-0.2, 0) is 6.54 Å². The first-order valence-corrected chi connectivity index (χ1v) is 6.70. The Kier molecular flexibility index (Phi) is 3.83. The summed E-state index contributed by atoms with van der Waals surface area (Å²) in [4.78, 5) is 1.19. The molecule has 0 aliphatic heterocycles. The molecule has 0 bridgehead atoms. The Hall–Kier alpha value is -0.590. The van der Waals surface area contributed by atoms with E-state index in [0.29, 0.717) is 18.5 Å². The van der Waals surface area contributed by atoms with Crippen LogP contribution in [0.15, 0.2) is 20.3 Å². The van der Waals surface area contributed by atoms with E-state index in [1.54, 1.807) is 18.3 Å². The first-order chi connectivity index (χ1) is 7.65. The molecule has 0 aliphatic carbocycles. The van der Waals surface area contributed by atoms with Crippen molar-refractivity contribution in [1.82, 2.24) is 10.2 Å². The third-order valence-corrected chi connectivity index (χ3v) is 3.70. The van der Waals surface area contributed by atoms with Crippen molar-refractivity contribution in [3.8, 4) is 0 Å². The van der Waals surface area contributed by atoms with E-state index in [2.05, 4.69) is 31.4 Å². The Morgan fingerprint density at radius 2 is 2.44 bits per heavy atom. The summed E-state index contributed by atoms with van der Waals surface area (Å²) in [6, 6.07) is 2.44. The summed E-state index contributed by atoms with van der Waals surface area (Å²) in [5.41, 5.74) is 0. The lowest BCUT2D eigenvalue weighted by atomic mass is 10.5. The van der Waals surface area contributed by atoms with Crippen LogP contribution in [0, 0.1) is 0 Å². The number of thiophene rings is 1. The largest absolute Gasteiger partial charge is 0.406 e. The van der Waals surface area contributed by atoms with Crippen LogP contribution < -0.4 is 5.32 Å². The van der Waals surface area contributed by atoms with Gasteiger partial charge in [0.05, 0.1) is 6.54 Å². The lowest BCUT2D eigenvalue weighted by Gasteiger charge is -1.97. The van der Waals surface area contributed by atoms with Crippen LogP contribution in [0.25, 0.3) is 0 Å². The van der Waals surface area contributed by atoms with Gasteiger partial charge in [-0.1, -0.05) is 5.10 Å². The summed E-state index contributed by atoms with van der Waals surface area (Å²) in [6.07, 6.45) is 0. The lowest BCUT2D eigenvalue weighted by molar-refractivity contribution is 0.506. The van der Waals surface area contributed by atoms with Gasteiger partial charge in [-0.3, -0.25) is 0 Å². The molecule has 7 heteroatoms. The van der Waals surface area contributed by atoms with Gasteiger partial charge >= 0.3 is 6.01 Å². The van der Waals surface area contributed by atoms with Crippen molar-refractivity contribution in [3.63, 3.8) is 0 Å². The Labute approximate surface area is 110 Å². The molecule has 0 radical (unpaired) electrons. The van der Waals surface area contributed by atoms with E-state index >= 15 is 0 Å². The summed E-state index contributed by atoms with van der Waals surface area (Å²) in [5.74, 6) is 0.427. The topological polar surface area (TPSA) is 51.0 Å². The van der Waals surface area contributed by atoms with Crippen molar-refractivity contribution in [2.45, 2.75) is 18.8 Å². The summed E-state index contributed by atoms with van der Waals surface area (Å²) in [7, 11) is 0. The van der Waals surface area contributed by atoms with E-state index in [0.717, 1.165) is 4.47 Å². The molecule has 1 unspecified atom stereocenters. The Bertz CT molecular complexity index is 471. The van der Waals surface area contributed by atoms with Crippen molar-refractivity contribution < 1.29 is 4.42 Å². The SMILES string of the molecule is CC(Cl)c1nnc(NCc2cc(Br)cs2)o1. The Morgan fingerprint density at radius 3 is 3.00 bits per heavy atom. The normalized spacial score (nSPS) is 12.7. The highest BCUT2D eigenvalue weighted by molar-refractivity contribution is 9.10. The van der Waals surface area contributed by atoms with E-state index in [4.69, 9.17) is 16.0 Å². The van der Waals surface area contributed by atoms with Crippen LogP contribution in [0.5, 0.6) is 0 Å². The molecule has 2 rings (SSSR count). The van der Waals surface area contributed by atoms with Gasteiger partial charge in [-0.15, -0.1) is 28.0 Å². The zero-order chi connectivity index (χ0) is 11.5. The van der Waals surface area contributed by atoms with Gasteiger partial charge in [-0.25, -0.2) is 0 Å². The van der Waals surface area contributed by atoms with Gasteiger partial charge in [0.2, 0.25) is 5.89 Å². The number of nitrogens with zero attached hydrogens (tertiary/aromatic N) is 2. The van der Waals surface area contributed by atoms with Gasteiger partial charge < -0.3 is 9.73 Å². The third kappa shape index (κ3) is 2.96. The number of anilines is 1. The highest BCUT2D eigenvalue weighted by Crippen LogP contribution is 2.22. The number of halogens is 2. The van der Waals surface area contributed by atoms with Gasteiger partial charge in [0.25, 0.3) is 0 Å². The Balaban J connectivity index is 1.94. The monoisotopic (exact) mass is 321 g/mol. The zero-order valence-corrected chi connectivity index (χ0v) is 11.6. The second kappa shape index (κ2) is 5.16. The van der Waals surface area contributed by atoms with Crippen LogP contribution >= 0.6 is 38.9 Å². The highest BCUT2D eigenvalue weighted by atomic mass is 79.9. The summed E-state index contributed by atoms with van der Waals surface area (Å²) < 4.78 is 6.38. The molecule has 16 heavy (non-hydrogen) atoms. The maximum atomic E-state index is 5.81. The molecular weight excluding hydrogens is 314 g/mol. The molecular formula is C9H9BrClN3OS. The minimum atomic E-state index is -0.265. The molecule has 0 fully saturated rings. The van der Waals surface area contributed by atoms with E-state index in [1.807, 2.05) is 11.4 Å². The average Bonchev–Trinajstić information content (AvgIpc) is 2.83. The number of hydrogen-bond donors (Lipinski definition) is 1. The maximum absolute atomic E-state index is 5.81. The van der Waals surface area contributed by atoms with Crippen molar-refractivity contribution in [2.24, 2.45) is 0 Å². The van der Waals surface area contributed by atoms with Gasteiger partial charge in [0.15, 0.2) is 0 Å². The molecule has 1 atom stereocenters. The summed E-state index contributed by atoms with van der Waals surface area (Å²) in [5, 5.41) is 12.5. The minimum absolute atomic E-state index is 0.265. The molecule has 2 aromatic rings. The molecule has 4 nitrogen and oxygen atoms in total. The second-order valence-electron chi connectivity index (χ2n) is 3.15. The van der Waals surface area contributed by atoms with Crippen molar-refractivity contribution in [3.05, 3.63) is 26.7 Å². The van der Waals surface area contributed by atoms with Crippen molar-refractivity contribution in [1.29, 1.82) is 0 Å². The first kappa shape index (κ1) is 11.9. The number of aromatic nitrogens is 2. The van der Waals surface area contributed by atoms with Crippen LogP contribution in [-0.4, -0.2) is 10.2 Å². The molecule has 86 valence electrons. The smallest absolute Gasteiger partial charge is 0.315 e. The third-order valence-electron chi connectivity index (χ3n) is 1.82. The fraction of sp³-hybridized carbons (Fsp3) is 0.333. The second-order valence-corrected chi connectivity index (χ2v) is 5.71. The van der Waals surface area contributed by atoms with Gasteiger partial charge in [0.1, 0.15) is 5.38 Å². The van der Waals surface area contributed by atoms with Crippen LogP contribution in [0.1, 0.15) is 23.1 Å². The van der Waals surface area contributed by atoms with Crippen molar-refractivity contribution in [2.75, 3.05) is 5.32 Å². The van der Waals surface area contributed by atoms with Crippen LogP contribution in [0.2, 0.25) is 0 Å². The number of rotatable bonds is 4. The van der Waals surface area contributed by atoms with E-state index in [9.17, 15) is 0 Å². The lowest BCUT2D eigenvalue weighted by Crippen LogP contribution is -1.97. The van der Waals surface area contributed by atoms with E-state index in [-0.39, 0.29) is 5.38 Å². The summed E-state index contributed by atoms with van der Waals surface area (Å²) in [6.45, 7) is 2.45. The fourth-order valence-corrected chi connectivity index (χ4v) is 2.55. The molecule has 1 N–H and O–H groups in total. The first-order valence-electron chi connectivity index (χ1n) is 4.59. The summed E-state index contributed by atoms with van der Waals surface area (Å²) >= 11 is 10.9. The average molecular weight is 323 g/mol. The predicted octanol–water partition coefficient (Wildman–Crippen LogP) is 3.81. The Morgan fingerprint density at radius 1 is 1.62 bits per heavy atom. The zero-order valence-electron chi connectivity index (χ0n) is 8.41. The number of hydrogen-bond acceptors (Lipinski definition) is 5. The molecule has 2 heterocycles. The quantitative estimate of drug-likeness (QED) is 0.870. The van der Waals surface area contributed by atoms with Crippen LogP contribution in [0.3, 0.4) is 0 Å². The van der Waals surface area contributed by atoms with Gasteiger partial charge in [-0.05, 0) is 28.9 Å². The van der Waals surface area contributed by atoms with E-state index in [1.165, 1.54) is 4.88 Å². The van der Waals surface area contributed by atoms with E-state index < -0.39 is 0 Å². The number of nitrogens with one attached hydrogen (secondary N) is 1. The highest BCUT2D eigenvalue weighted by Gasteiger charge is 2.10. The standard InChI is InChI=1S/C9H9BrClN3OS/c1-5(11)8-13-14-9(15-8)12-3-7-2-6(10)4-16-7/h2,4-5H,3H2,1H3,(H,12,14). The van der Waals surface area contributed by atoms with Gasteiger partial charge in [0, 0.05) is 14.7 Å². The minimum Gasteiger partial charge on any atom is -0.406 e. The molecule has 0 aliphatic rings. The maximum Gasteiger partial charge on any atom is 0.315 e. The van der Waals surface area contributed by atoms with Crippen molar-refractivity contribution >= 4 is 44.9 Å².